The lowest BCUT2D eigenvalue weighted by Crippen LogP contribution is -2.52. The molecule has 0 aromatic heterocycles. The Bertz CT molecular complexity index is 1470. The molecule has 0 fully saturated rings. The molecule has 3 aromatic rings. The van der Waals surface area contributed by atoms with E-state index in [9.17, 15) is 19.1 Å². The third-order valence-corrected chi connectivity index (χ3v) is 7.04. The highest BCUT2D eigenvalue weighted by Gasteiger charge is 2.38. The normalized spacial score (nSPS) is 14.5. The number of likely N-dealkylation sites (N-methyl/N-ethyl adjacent to an activating group) is 1. The van der Waals surface area contributed by atoms with Gasteiger partial charge in [0.1, 0.15) is 41.8 Å². The van der Waals surface area contributed by atoms with Crippen LogP contribution in [0.1, 0.15) is 38.3 Å². The van der Waals surface area contributed by atoms with Gasteiger partial charge < -0.3 is 34.3 Å². The number of anilines is 2. The summed E-state index contributed by atoms with van der Waals surface area (Å²) in [5, 5.41) is 13.5. The number of hydrogen-bond donors (Lipinski definition) is 2. The number of nitrogens with one attached hydrogen (secondary N) is 1. The molecule has 0 saturated carbocycles. The SMILES string of the molecule is CCOC(=O)CC(O)COc1ccc(-c2ccc3c(c2COc2cc(F)ccc2C)N(C)C(=O)C(C)(C)N3)c(OC)c1. The van der Waals surface area contributed by atoms with Crippen LogP contribution >= 0.6 is 0 Å². The predicted molar refractivity (Wildman–Crippen MR) is 158 cm³/mol. The van der Waals surface area contributed by atoms with Gasteiger partial charge in [-0.2, -0.15) is 0 Å². The van der Waals surface area contributed by atoms with Crippen LogP contribution in [0, 0.1) is 12.7 Å². The van der Waals surface area contributed by atoms with Crippen LogP contribution in [-0.4, -0.2) is 56.0 Å². The first-order chi connectivity index (χ1) is 19.9. The molecule has 3 aromatic carbocycles. The van der Waals surface area contributed by atoms with Crippen LogP contribution in [0.4, 0.5) is 15.8 Å². The lowest BCUT2D eigenvalue weighted by atomic mass is 9.91. The molecule has 0 aliphatic carbocycles. The Balaban J connectivity index is 1.71. The predicted octanol–water partition coefficient (Wildman–Crippen LogP) is 5.25. The lowest BCUT2D eigenvalue weighted by molar-refractivity contribution is -0.145. The molecule has 0 radical (unpaired) electrons. The van der Waals surface area contributed by atoms with Gasteiger partial charge in [0, 0.05) is 30.3 Å². The molecule has 9 nitrogen and oxygen atoms in total. The fourth-order valence-electron chi connectivity index (χ4n) is 4.96. The smallest absolute Gasteiger partial charge is 0.308 e. The molecule has 1 heterocycles. The molecule has 1 unspecified atom stereocenters. The minimum Gasteiger partial charge on any atom is -0.496 e. The summed E-state index contributed by atoms with van der Waals surface area (Å²) in [4.78, 5) is 26.5. The highest BCUT2D eigenvalue weighted by atomic mass is 19.1. The van der Waals surface area contributed by atoms with Gasteiger partial charge in [-0.1, -0.05) is 12.1 Å². The molecule has 2 N–H and O–H groups in total. The fraction of sp³-hybridized carbons (Fsp3) is 0.375. The van der Waals surface area contributed by atoms with E-state index in [-0.39, 0.29) is 32.1 Å². The first-order valence-electron chi connectivity index (χ1n) is 13.7. The molecule has 0 bridgehead atoms. The van der Waals surface area contributed by atoms with Crippen molar-refractivity contribution in [3.63, 3.8) is 0 Å². The summed E-state index contributed by atoms with van der Waals surface area (Å²) in [6.45, 7) is 7.34. The van der Waals surface area contributed by atoms with Crippen LogP contribution in [-0.2, 0) is 20.9 Å². The van der Waals surface area contributed by atoms with Gasteiger partial charge in [0.25, 0.3) is 5.91 Å². The van der Waals surface area contributed by atoms with E-state index in [2.05, 4.69) is 5.32 Å². The third-order valence-electron chi connectivity index (χ3n) is 7.04. The van der Waals surface area contributed by atoms with Gasteiger partial charge in [-0.25, -0.2) is 4.39 Å². The highest BCUT2D eigenvalue weighted by molar-refractivity contribution is 6.08. The quantitative estimate of drug-likeness (QED) is 0.297. The molecule has 4 rings (SSSR count). The zero-order valence-corrected chi connectivity index (χ0v) is 24.7. The van der Waals surface area contributed by atoms with Gasteiger partial charge in [-0.15, -0.1) is 0 Å². The number of hydrogen-bond acceptors (Lipinski definition) is 8. The summed E-state index contributed by atoms with van der Waals surface area (Å²) in [5.41, 5.74) is 3.53. The van der Waals surface area contributed by atoms with Crippen molar-refractivity contribution in [3.05, 3.63) is 65.5 Å². The van der Waals surface area contributed by atoms with Gasteiger partial charge in [0.05, 0.1) is 37.6 Å². The summed E-state index contributed by atoms with van der Waals surface area (Å²) in [6, 6.07) is 13.4. The van der Waals surface area contributed by atoms with E-state index in [1.54, 1.807) is 37.1 Å². The fourth-order valence-corrected chi connectivity index (χ4v) is 4.96. The summed E-state index contributed by atoms with van der Waals surface area (Å²) in [7, 11) is 3.25. The Kier molecular flexibility index (Phi) is 9.26. The summed E-state index contributed by atoms with van der Waals surface area (Å²) in [5.74, 6) is 0.278. The Hall–Kier alpha value is -4.31. The number of benzene rings is 3. The molecule has 0 saturated heterocycles. The van der Waals surface area contributed by atoms with Crippen LogP contribution in [0.15, 0.2) is 48.5 Å². The molecule has 224 valence electrons. The van der Waals surface area contributed by atoms with E-state index in [0.717, 1.165) is 16.8 Å². The van der Waals surface area contributed by atoms with Crippen molar-refractivity contribution in [2.24, 2.45) is 0 Å². The van der Waals surface area contributed by atoms with Crippen LogP contribution in [0.3, 0.4) is 0 Å². The van der Waals surface area contributed by atoms with Gasteiger partial charge in [-0.05, 0) is 63.1 Å². The maximum absolute atomic E-state index is 14.0. The number of fused-ring (bicyclic) bond motifs is 1. The van der Waals surface area contributed by atoms with Crippen LogP contribution in [0.2, 0.25) is 0 Å². The molecular weight excluding hydrogens is 543 g/mol. The number of aliphatic hydroxyl groups is 1. The Morgan fingerprint density at radius 2 is 1.81 bits per heavy atom. The molecule has 0 spiro atoms. The van der Waals surface area contributed by atoms with E-state index in [4.69, 9.17) is 18.9 Å². The number of methoxy groups -OCH3 is 1. The number of ether oxygens (including phenoxy) is 4. The number of carbonyl (C=O) groups excluding carboxylic acids is 2. The maximum Gasteiger partial charge on any atom is 0.308 e. The maximum atomic E-state index is 14.0. The molecule has 10 heteroatoms. The van der Waals surface area contributed by atoms with Crippen molar-refractivity contribution < 1.29 is 38.0 Å². The van der Waals surface area contributed by atoms with Crippen molar-refractivity contribution in [3.8, 4) is 28.4 Å². The number of aliphatic hydroxyl groups excluding tert-OH is 1. The number of carbonyl (C=O) groups is 2. The molecule has 42 heavy (non-hydrogen) atoms. The Morgan fingerprint density at radius 1 is 1.07 bits per heavy atom. The van der Waals surface area contributed by atoms with Gasteiger partial charge in [0.2, 0.25) is 0 Å². The molecule has 1 amide bonds. The van der Waals surface area contributed by atoms with E-state index >= 15 is 0 Å². The number of amides is 1. The second-order valence-corrected chi connectivity index (χ2v) is 10.6. The van der Waals surface area contributed by atoms with Crippen molar-refractivity contribution in [1.29, 1.82) is 0 Å². The average molecular weight is 581 g/mol. The first kappa shape index (κ1) is 30.6. The standard InChI is InChI=1S/C32H37FN2O7/c1-7-40-29(37)15-21(36)17-41-22-10-11-24(28(16-22)39-6)23-12-13-26-30(35(5)31(38)32(3,4)34-26)25(23)18-42-27-14-20(33)9-8-19(27)2/h8-14,16,21,34,36H,7,15,17-18H2,1-6H3. The molecule has 1 aliphatic rings. The molecule has 1 aliphatic heterocycles. The third kappa shape index (κ3) is 6.60. The summed E-state index contributed by atoms with van der Waals surface area (Å²) >= 11 is 0. The lowest BCUT2D eigenvalue weighted by Gasteiger charge is -2.39. The van der Waals surface area contributed by atoms with Gasteiger partial charge >= 0.3 is 5.97 Å². The summed E-state index contributed by atoms with van der Waals surface area (Å²) < 4.78 is 36.5. The number of aryl methyl sites for hydroxylation is 1. The largest absolute Gasteiger partial charge is 0.496 e. The summed E-state index contributed by atoms with van der Waals surface area (Å²) in [6.07, 6.45) is -1.21. The van der Waals surface area contributed by atoms with Crippen LogP contribution < -0.4 is 24.4 Å². The van der Waals surface area contributed by atoms with Crippen molar-refractivity contribution >= 4 is 23.3 Å². The van der Waals surface area contributed by atoms with Gasteiger partial charge in [-0.3, -0.25) is 9.59 Å². The van der Waals surface area contributed by atoms with E-state index in [1.807, 2.05) is 39.0 Å². The van der Waals surface area contributed by atoms with Crippen LogP contribution in [0.5, 0.6) is 17.2 Å². The average Bonchev–Trinajstić information content (AvgIpc) is 2.95. The highest BCUT2D eigenvalue weighted by Crippen LogP contribution is 2.45. The molecular formula is C32H37FN2O7. The number of halogens is 1. The number of rotatable bonds is 11. The topological polar surface area (TPSA) is 107 Å². The van der Waals surface area contributed by atoms with Crippen LogP contribution in [0.25, 0.3) is 11.1 Å². The zero-order chi connectivity index (χ0) is 30.6. The monoisotopic (exact) mass is 580 g/mol. The minimum absolute atomic E-state index is 0.0456. The van der Waals surface area contributed by atoms with E-state index in [0.29, 0.717) is 34.1 Å². The van der Waals surface area contributed by atoms with Crippen molar-refractivity contribution in [2.75, 3.05) is 37.6 Å². The molecule has 1 atom stereocenters. The van der Waals surface area contributed by atoms with E-state index in [1.165, 1.54) is 19.2 Å². The van der Waals surface area contributed by atoms with E-state index < -0.39 is 23.4 Å². The van der Waals surface area contributed by atoms with Gasteiger partial charge in [0.15, 0.2) is 0 Å². The van der Waals surface area contributed by atoms with Crippen molar-refractivity contribution in [2.45, 2.75) is 52.4 Å². The number of nitrogens with zero attached hydrogens (tertiary/aromatic N) is 1. The minimum atomic E-state index is -1.03. The Labute approximate surface area is 245 Å². The van der Waals surface area contributed by atoms with Crippen molar-refractivity contribution in [1.82, 2.24) is 0 Å². The zero-order valence-electron chi connectivity index (χ0n) is 24.7. The number of esters is 1. The second-order valence-electron chi connectivity index (χ2n) is 10.6. The first-order valence-corrected chi connectivity index (χ1v) is 13.7. The Morgan fingerprint density at radius 3 is 2.52 bits per heavy atom. The second kappa shape index (κ2) is 12.7.